The van der Waals surface area contributed by atoms with Crippen LogP contribution >= 0.6 is 0 Å². The molecule has 0 unspecified atom stereocenters. The van der Waals surface area contributed by atoms with Gasteiger partial charge in [0, 0.05) is 19.6 Å². The summed E-state index contributed by atoms with van der Waals surface area (Å²) in [7, 11) is 0. The molecule has 0 heterocycles. The van der Waals surface area contributed by atoms with Crippen molar-refractivity contribution < 1.29 is 13.2 Å². The maximum Gasteiger partial charge on any atom is 0.416 e. The van der Waals surface area contributed by atoms with E-state index in [0.29, 0.717) is 6.54 Å². The molecule has 0 radical (unpaired) electrons. The van der Waals surface area contributed by atoms with Gasteiger partial charge in [-0.1, -0.05) is 84.9 Å². The van der Waals surface area contributed by atoms with Crippen molar-refractivity contribution in [2.75, 3.05) is 6.54 Å². The molecule has 0 spiro atoms. The average Bonchev–Trinajstić information content (AvgIpc) is 2.69. The lowest BCUT2D eigenvalue weighted by Gasteiger charge is -2.21. The number of hydrogen-bond acceptors (Lipinski definition) is 1. The monoisotopic (exact) mass is 381 g/mol. The fourth-order valence-electron chi connectivity index (χ4n) is 2.99. The maximum atomic E-state index is 12.7. The molecular weight excluding hydrogens is 359 g/mol. The van der Waals surface area contributed by atoms with Crippen molar-refractivity contribution in [2.24, 2.45) is 0 Å². The predicted octanol–water partition coefficient (Wildman–Crippen LogP) is 6.42. The van der Waals surface area contributed by atoms with Gasteiger partial charge in [-0.25, -0.2) is 0 Å². The maximum absolute atomic E-state index is 12.7. The van der Waals surface area contributed by atoms with Crippen LogP contribution in [0.3, 0.4) is 0 Å². The molecule has 0 fully saturated rings. The minimum Gasteiger partial charge on any atom is -0.291 e. The van der Waals surface area contributed by atoms with Gasteiger partial charge in [0.2, 0.25) is 0 Å². The third kappa shape index (κ3) is 6.10. The number of hydrogen-bond donors (Lipinski definition) is 0. The Balaban J connectivity index is 1.67. The Bertz CT molecular complexity index is 828. The summed E-state index contributed by atoms with van der Waals surface area (Å²) in [5, 5.41) is 0. The first-order valence-electron chi connectivity index (χ1n) is 9.15. The third-order valence-corrected chi connectivity index (χ3v) is 4.41. The van der Waals surface area contributed by atoms with Crippen molar-refractivity contribution in [3.8, 4) is 0 Å². The molecule has 0 saturated carbocycles. The predicted molar refractivity (Wildman–Crippen MR) is 107 cm³/mol. The number of benzene rings is 3. The molecule has 0 amide bonds. The summed E-state index contributed by atoms with van der Waals surface area (Å²) >= 11 is 0. The Kier molecular flexibility index (Phi) is 6.66. The van der Waals surface area contributed by atoms with E-state index >= 15 is 0 Å². The highest BCUT2D eigenvalue weighted by Gasteiger charge is 2.29. The number of alkyl halides is 3. The van der Waals surface area contributed by atoms with Crippen LogP contribution in [0.15, 0.2) is 91.0 Å². The lowest BCUT2D eigenvalue weighted by Crippen LogP contribution is -2.22. The molecule has 3 aromatic rings. The standard InChI is InChI=1S/C24H22F3N/c25-24(26,27)23-15-13-20(14-16-23)12-7-17-28(18-21-8-3-1-4-9-21)19-22-10-5-2-6-11-22/h1-16H,17-19H2/b12-7+. The van der Waals surface area contributed by atoms with Crippen molar-refractivity contribution in [3.05, 3.63) is 113 Å². The molecule has 0 aliphatic carbocycles. The summed E-state index contributed by atoms with van der Waals surface area (Å²) in [4.78, 5) is 2.30. The van der Waals surface area contributed by atoms with Crippen molar-refractivity contribution in [1.29, 1.82) is 0 Å². The summed E-state index contributed by atoms with van der Waals surface area (Å²) in [6.45, 7) is 2.30. The van der Waals surface area contributed by atoms with E-state index in [0.717, 1.165) is 30.8 Å². The van der Waals surface area contributed by atoms with Crippen LogP contribution in [0.25, 0.3) is 6.08 Å². The van der Waals surface area contributed by atoms with E-state index in [1.807, 2.05) is 48.6 Å². The van der Waals surface area contributed by atoms with E-state index in [-0.39, 0.29) is 0 Å². The smallest absolute Gasteiger partial charge is 0.291 e. The van der Waals surface area contributed by atoms with Crippen LogP contribution < -0.4 is 0 Å². The number of nitrogens with zero attached hydrogens (tertiary/aromatic N) is 1. The summed E-state index contributed by atoms with van der Waals surface area (Å²) in [5.74, 6) is 0. The summed E-state index contributed by atoms with van der Waals surface area (Å²) in [5.41, 5.74) is 2.58. The zero-order valence-corrected chi connectivity index (χ0v) is 15.4. The molecule has 3 aromatic carbocycles. The van der Waals surface area contributed by atoms with Gasteiger partial charge in [-0.15, -0.1) is 0 Å². The molecule has 3 rings (SSSR count). The fourth-order valence-corrected chi connectivity index (χ4v) is 2.99. The second-order valence-electron chi connectivity index (χ2n) is 6.66. The minimum absolute atomic E-state index is 0.626. The lowest BCUT2D eigenvalue weighted by atomic mass is 10.1. The molecule has 1 nitrogen and oxygen atoms in total. The van der Waals surface area contributed by atoms with Crippen LogP contribution in [0, 0.1) is 0 Å². The van der Waals surface area contributed by atoms with Crippen molar-refractivity contribution >= 4 is 6.08 Å². The Morgan fingerprint density at radius 3 is 1.64 bits per heavy atom. The molecule has 144 valence electrons. The van der Waals surface area contributed by atoms with Crippen molar-refractivity contribution in [3.63, 3.8) is 0 Å². The van der Waals surface area contributed by atoms with Crippen LogP contribution in [0.2, 0.25) is 0 Å². The molecule has 0 aliphatic heterocycles. The molecule has 28 heavy (non-hydrogen) atoms. The van der Waals surface area contributed by atoms with Gasteiger partial charge in [0.15, 0.2) is 0 Å². The van der Waals surface area contributed by atoms with Crippen LogP contribution in [0.5, 0.6) is 0 Å². The first-order valence-corrected chi connectivity index (χ1v) is 9.15. The topological polar surface area (TPSA) is 3.24 Å². The molecular formula is C24H22F3N. The normalized spacial score (nSPS) is 12.0. The second-order valence-corrected chi connectivity index (χ2v) is 6.66. The summed E-state index contributed by atoms with van der Waals surface area (Å²) in [6.07, 6.45) is -0.442. The second kappa shape index (κ2) is 9.38. The van der Waals surface area contributed by atoms with E-state index in [1.165, 1.54) is 23.3 Å². The molecule has 4 heteroatoms. The Morgan fingerprint density at radius 1 is 0.679 bits per heavy atom. The van der Waals surface area contributed by atoms with Gasteiger partial charge in [-0.2, -0.15) is 13.2 Å². The number of rotatable bonds is 7. The minimum atomic E-state index is -4.30. The lowest BCUT2D eigenvalue weighted by molar-refractivity contribution is -0.137. The Hall–Kier alpha value is -2.85. The Labute approximate surface area is 163 Å². The van der Waals surface area contributed by atoms with Gasteiger partial charge < -0.3 is 0 Å². The average molecular weight is 381 g/mol. The van der Waals surface area contributed by atoms with Crippen molar-refractivity contribution in [1.82, 2.24) is 4.90 Å². The van der Waals surface area contributed by atoms with Crippen LogP contribution in [0.1, 0.15) is 22.3 Å². The molecule has 0 aliphatic rings. The first kappa shape index (κ1) is 19.9. The van der Waals surface area contributed by atoms with Gasteiger partial charge >= 0.3 is 6.18 Å². The van der Waals surface area contributed by atoms with Crippen molar-refractivity contribution in [2.45, 2.75) is 19.3 Å². The molecule has 0 bridgehead atoms. The SMILES string of the molecule is FC(F)(F)c1ccc(/C=C/CN(Cc2ccccc2)Cc2ccccc2)cc1. The third-order valence-electron chi connectivity index (χ3n) is 4.41. The molecule has 0 atom stereocenters. The molecule has 0 saturated heterocycles. The van der Waals surface area contributed by atoms with Gasteiger partial charge in [0.05, 0.1) is 5.56 Å². The van der Waals surface area contributed by atoms with Gasteiger partial charge in [-0.05, 0) is 28.8 Å². The van der Waals surface area contributed by atoms with E-state index in [9.17, 15) is 13.2 Å². The van der Waals surface area contributed by atoms with Gasteiger partial charge in [0.1, 0.15) is 0 Å². The van der Waals surface area contributed by atoms with E-state index in [1.54, 1.807) is 0 Å². The van der Waals surface area contributed by atoms with Gasteiger partial charge in [-0.3, -0.25) is 4.90 Å². The molecule has 0 aromatic heterocycles. The zero-order valence-electron chi connectivity index (χ0n) is 15.4. The first-order chi connectivity index (χ1) is 13.5. The van der Waals surface area contributed by atoms with E-state index in [4.69, 9.17) is 0 Å². The van der Waals surface area contributed by atoms with Crippen LogP contribution in [0.4, 0.5) is 13.2 Å². The summed E-state index contributed by atoms with van der Waals surface area (Å²) < 4.78 is 38.0. The van der Waals surface area contributed by atoms with Gasteiger partial charge in [0.25, 0.3) is 0 Å². The highest BCUT2D eigenvalue weighted by atomic mass is 19.4. The largest absolute Gasteiger partial charge is 0.416 e. The highest BCUT2D eigenvalue weighted by Crippen LogP contribution is 2.29. The zero-order chi connectivity index (χ0) is 19.8. The highest BCUT2D eigenvalue weighted by molar-refractivity contribution is 5.50. The quantitative estimate of drug-likeness (QED) is 0.456. The van der Waals surface area contributed by atoms with E-state index in [2.05, 4.69) is 29.2 Å². The summed E-state index contributed by atoms with van der Waals surface area (Å²) in [6, 6.07) is 25.7. The number of halogens is 3. The van der Waals surface area contributed by atoms with Crippen LogP contribution in [-0.2, 0) is 19.3 Å². The Morgan fingerprint density at radius 2 is 1.18 bits per heavy atom. The molecule has 0 N–H and O–H groups in total. The fraction of sp³-hybridized carbons (Fsp3) is 0.167. The van der Waals surface area contributed by atoms with E-state index < -0.39 is 11.7 Å². The van der Waals surface area contributed by atoms with Crippen LogP contribution in [-0.4, -0.2) is 11.4 Å².